The molecule has 170 valence electrons. The normalized spacial score (nSPS) is 15.3. The molecule has 2 aromatic carbocycles. The first-order chi connectivity index (χ1) is 15.4. The van der Waals surface area contributed by atoms with Gasteiger partial charge >= 0.3 is 0 Å². The number of amides is 3. The highest BCUT2D eigenvalue weighted by Crippen LogP contribution is 2.23. The van der Waals surface area contributed by atoms with Crippen molar-refractivity contribution in [3.05, 3.63) is 71.5 Å². The van der Waals surface area contributed by atoms with E-state index in [-0.39, 0.29) is 29.2 Å². The van der Waals surface area contributed by atoms with Crippen molar-refractivity contribution in [3.8, 4) is 0 Å². The minimum Gasteiger partial charge on any atom is -0.354 e. The minimum atomic E-state index is -0.796. The third kappa shape index (κ3) is 5.93. The van der Waals surface area contributed by atoms with E-state index in [0.717, 1.165) is 0 Å². The summed E-state index contributed by atoms with van der Waals surface area (Å²) in [4.78, 5) is 40.2. The summed E-state index contributed by atoms with van der Waals surface area (Å²) in [6.45, 7) is 5.43. The standard InChI is InChI=1S/C25H30FN3O3/c1-17(2)16-27-24(31)22(28-23(30)20-10-6-7-11-21(20)26)18-12-14-29(15-13-18)25(32)19-8-4-3-5-9-19/h3-11,17-18,22H,12-16H2,1-2H3,(H,27,31)(H,28,30). The molecule has 3 rings (SSSR count). The van der Waals surface area contributed by atoms with Crippen molar-refractivity contribution in [1.82, 2.24) is 15.5 Å². The molecule has 2 N–H and O–H groups in total. The molecular weight excluding hydrogens is 409 g/mol. The van der Waals surface area contributed by atoms with E-state index in [0.29, 0.717) is 38.0 Å². The van der Waals surface area contributed by atoms with E-state index < -0.39 is 17.8 Å². The van der Waals surface area contributed by atoms with Gasteiger partial charge in [0, 0.05) is 25.2 Å². The Kier molecular flexibility index (Phi) is 7.98. The van der Waals surface area contributed by atoms with E-state index in [9.17, 15) is 18.8 Å². The van der Waals surface area contributed by atoms with Crippen LogP contribution in [0.4, 0.5) is 4.39 Å². The highest BCUT2D eigenvalue weighted by molar-refractivity contribution is 5.98. The van der Waals surface area contributed by atoms with Gasteiger partial charge in [-0.15, -0.1) is 0 Å². The maximum Gasteiger partial charge on any atom is 0.254 e. The van der Waals surface area contributed by atoms with Crippen molar-refractivity contribution >= 4 is 17.7 Å². The number of nitrogens with one attached hydrogen (secondary N) is 2. The van der Waals surface area contributed by atoms with Gasteiger partial charge in [-0.1, -0.05) is 44.2 Å². The van der Waals surface area contributed by atoms with Crippen LogP contribution in [0.5, 0.6) is 0 Å². The Balaban J connectivity index is 1.69. The predicted octanol–water partition coefficient (Wildman–Crippen LogP) is 3.25. The molecule has 7 heteroatoms. The molecule has 2 aromatic rings. The number of halogens is 1. The summed E-state index contributed by atoms with van der Waals surface area (Å²) in [5, 5.41) is 5.63. The lowest BCUT2D eigenvalue weighted by molar-refractivity contribution is -0.124. The van der Waals surface area contributed by atoms with Crippen LogP contribution in [-0.4, -0.2) is 48.3 Å². The molecule has 1 aliphatic heterocycles. The van der Waals surface area contributed by atoms with E-state index in [1.165, 1.54) is 18.2 Å². The van der Waals surface area contributed by atoms with E-state index in [1.807, 2.05) is 32.0 Å². The summed E-state index contributed by atoms with van der Waals surface area (Å²) in [6, 6.07) is 14.0. The predicted molar refractivity (Wildman–Crippen MR) is 121 cm³/mol. The van der Waals surface area contributed by atoms with Crippen LogP contribution in [0.3, 0.4) is 0 Å². The lowest BCUT2D eigenvalue weighted by Gasteiger charge is -2.36. The SMILES string of the molecule is CC(C)CNC(=O)C(NC(=O)c1ccccc1F)C1CCN(C(=O)c2ccccc2)CC1. The Morgan fingerprint density at radius 1 is 1.00 bits per heavy atom. The largest absolute Gasteiger partial charge is 0.354 e. The number of carbonyl (C=O) groups is 3. The number of benzene rings is 2. The lowest BCUT2D eigenvalue weighted by Crippen LogP contribution is -2.54. The smallest absolute Gasteiger partial charge is 0.254 e. The second-order valence-corrected chi connectivity index (χ2v) is 8.57. The van der Waals surface area contributed by atoms with Crippen molar-refractivity contribution in [2.75, 3.05) is 19.6 Å². The van der Waals surface area contributed by atoms with Crippen molar-refractivity contribution < 1.29 is 18.8 Å². The summed E-state index contributed by atoms with van der Waals surface area (Å²) >= 11 is 0. The lowest BCUT2D eigenvalue weighted by atomic mass is 9.88. The molecule has 1 atom stereocenters. The number of hydrogen-bond donors (Lipinski definition) is 2. The Hall–Kier alpha value is -3.22. The molecule has 0 aromatic heterocycles. The van der Waals surface area contributed by atoms with Crippen molar-refractivity contribution in [3.63, 3.8) is 0 Å². The van der Waals surface area contributed by atoms with Crippen LogP contribution in [0.15, 0.2) is 54.6 Å². The minimum absolute atomic E-state index is 0.0414. The van der Waals surface area contributed by atoms with Crippen LogP contribution in [-0.2, 0) is 4.79 Å². The van der Waals surface area contributed by atoms with Crippen LogP contribution < -0.4 is 10.6 Å². The van der Waals surface area contributed by atoms with Gasteiger partial charge in [0.1, 0.15) is 11.9 Å². The second kappa shape index (κ2) is 10.9. The fourth-order valence-corrected chi connectivity index (χ4v) is 3.88. The number of likely N-dealkylation sites (tertiary alicyclic amines) is 1. The fraction of sp³-hybridized carbons (Fsp3) is 0.400. The van der Waals surface area contributed by atoms with Crippen molar-refractivity contribution in [2.24, 2.45) is 11.8 Å². The topological polar surface area (TPSA) is 78.5 Å². The monoisotopic (exact) mass is 439 g/mol. The summed E-state index contributed by atoms with van der Waals surface area (Å²) in [7, 11) is 0. The average molecular weight is 440 g/mol. The molecule has 1 unspecified atom stereocenters. The molecule has 0 bridgehead atoms. The number of nitrogens with zero attached hydrogens (tertiary/aromatic N) is 1. The molecule has 32 heavy (non-hydrogen) atoms. The fourth-order valence-electron chi connectivity index (χ4n) is 3.88. The molecule has 0 saturated carbocycles. The van der Waals surface area contributed by atoms with Crippen LogP contribution in [0.1, 0.15) is 47.4 Å². The van der Waals surface area contributed by atoms with Gasteiger partial charge < -0.3 is 15.5 Å². The Morgan fingerprint density at radius 2 is 1.62 bits per heavy atom. The first-order valence-electron chi connectivity index (χ1n) is 11.0. The second-order valence-electron chi connectivity index (χ2n) is 8.57. The summed E-state index contributed by atoms with van der Waals surface area (Å²) in [5.74, 6) is -1.47. The van der Waals surface area contributed by atoms with Crippen molar-refractivity contribution in [2.45, 2.75) is 32.7 Å². The molecular formula is C25H30FN3O3. The highest BCUT2D eigenvalue weighted by atomic mass is 19.1. The number of hydrogen-bond acceptors (Lipinski definition) is 3. The van der Waals surface area contributed by atoms with Gasteiger partial charge in [0.25, 0.3) is 11.8 Å². The Morgan fingerprint density at radius 3 is 2.25 bits per heavy atom. The van der Waals surface area contributed by atoms with Gasteiger partial charge in [-0.25, -0.2) is 4.39 Å². The Labute approximate surface area is 188 Å². The number of piperidine rings is 1. The van der Waals surface area contributed by atoms with Crippen LogP contribution in [0.25, 0.3) is 0 Å². The first kappa shape index (κ1) is 23.4. The van der Waals surface area contributed by atoms with Gasteiger partial charge in [-0.3, -0.25) is 14.4 Å². The molecule has 6 nitrogen and oxygen atoms in total. The highest BCUT2D eigenvalue weighted by Gasteiger charge is 2.34. The average Bonchev–Trinajstić information content (AvgIpc) is 2.81. The van der Waals surface area contributed by atoms with E-state index in [2.05, 4.69) is 10.6 Å². The van der Waals surface area contributed by atoms with E-state index in [1.54, 1.807) is 23.1 Å². The van der Waals surface area contributed by atoms with E-state index in [4.69, 9.17) is 0 Å². The molecule has 1 aliphatic rings. The summed E-state index contributed by atoms with van der Waals surface area (Å²) in [6.07, 6.45) is 1.13. The summed E-state index contributed by atoms with van der Waals surface area (Å²) in [5.41, 5.74) is 0.538. The molecule has 1 heterocycles. The zero-order chi connectivity index (χ0) is 23.1. The van der Waals surface area contributed by atoms with E-state index >= 15 is 0 Å². The molecule has 1 saturated heterocycles. The van der Waals surface area contributed by atoms with Crippen LogP contribution in [0.2, 0.25) is 0 Å². The third-order valence-corrected chi connectivity index (χ3v) is 5.69. The molecule has 0 radical (unpaired) electrons. The van der Waals surface area contributed by atoms with Crippen LogP contribution in [0, 0.1) is 17.7 Å². The number of carbonyl (C=O) groups excluding carboxylic acids is 3. The molecule has 0 aliphatic carbocycles. The third-order valence-electron chi connectivity index (χ3n) is 5.69. The zero-order valence-corrected chi connectivity index (χ0v) is 18.5. The van der Waals surface area contributed by atoms with Gasteiger partial charge in [0.05, 0.1) is 5.56 Å². The quantitative estimate of drug-likeness (QED) is 0.695. The maximum atomic E-state index is 14.1. The van der Waals surface area contributed by atoms with Crippen LogP contribution >= 0.6 is 0 Å². The molecule has 0 spiro atoms. The first-order valence-corrected chi connectivity index (χ1v) is 11.0. The van der Waals surface area contributed by atoms with Gasteiger partial charge in [0.2, 0.25) is 5.91 Å². The molecule has 1 fully saturated rings. The van der Waals surface area contributed by atoms with Gasteiger partial charge in [-0.05, 0) is 48.9 Å². The summed E-state index contributed by atoms with van der Waals surface area (Å²) < 4.78 is 14.1. The Bertz CT molecular complexity index is 940. The van der Waals surface area contributed by atoms with Gasteiger partial charge in [-0.2, -0.15) is 0 Å². The zero-order valence-electron chi connectivity index (χ0n) is 18.5. The molecule has 3 amide bonds. The number of rotatable bonds is 7. The maximum absolute atomic E-state index is 14.1. The van der Waals surface area contributed by atoms with Gasteiger partial charge in [0.15, 0.2) is 0 Å². The van der Waals surface area contributed by atoms with Crippen molar-refractivity contribution in [1.29, 1.82) is 0 Å².